The molecule has 1 saturated heterocycles. The van der Waals surface area contributed by atoms with Gasteiger partial charge in [-0.25, -0.2) is 4.98 Å². The predicted molar refractivity (Wildman–Crippen MR) is 142 cm³/mol. The van der Waals surface area contributed by atoms with E-state index in [4.69, 9.17) is 0 Å². The van der Waals surface area contributed by atoms with Gasteiger partial charge in [0.1, 0.15) is 11.5 Å². The number of piperidine rings is 1. The Morgan fingerprint density at radius 3 is 2.47 bits per heavy atom. The van der Waals surface area contributed by atoms with Gasteiger partial charge in [-0.1, -0.05) is 25.3 Å². The van der Waals surface area contributed by atoms with Crippen molar-refractivity contribution in [2.24, 2.45) is 11.8 Å². The van der Waals surface area contributed by atoms with E-state index in [1.165, 1.54) is 30.4 Å². The van der Waals surface area contributed by atoms with Crippen LogP contribution in [0, 0.1) is 11.8 Å². The molecule has 192 valence electrons. The minimum atomic E-state index is 0.0905. The number of aromatic amines is 1. The van der Waals surface area contributed by atoms with E-state index in [1.807, 2.05) is 6.20 Å². The summed E-state index contributed by atoms with van der Waals surface area (Å²) in [7, 11) is 0. The smallest absolute Gasteiger partial charge is 0.228 e. The third-order valence-electron chi connectivity index (χ3n) is 8.72. The van der Waals surface area contributed by atoms with E-state index >= 15 is 0 Å². The average Bonchev–Trinajstić information content (AvgIpc) is 3.67. The molecule has 3 aliphatic carbocycles. The van der Waals surface area contributed by atoms with Crippen molar-refractivity contribution >= 4 is 34.2 Å². The third kappa shape index (κ3) is 5.22. The minimum absolute atomic E-state index is 0.0905. The molecular formula is C29H39N5O2. The summed E-state index contributed by atoms with van der Waals surface area (Å²) in [5.41, 5.74) is 3.35. The van der Waals surface area contributed by atoms with Gasteiger partial charge in [0.25, 0.3) is 0 Å². The van der Waals surface area contributed by atoms with E-state index in [-0.39, 0.29) is 17.7 Å². The number of pyridine rings is 1. The summed E-state index contributed by atoms with van der Waals surface area (Å²) in [6.07, 6.45) is 17.4. The largest absolute Gasteiger partial charge is 0.346 e. The summed E-state index contributed by atoms with van der Waals surface area (Å²) in [4.78, 5) is 35.2. The van der Waals surface area contributed by atoms with Crippen molar-refractivity contribution in [3.63, 3.8) is 0 Å². The number of fused-ring (bicyclic) bond motifs is 1. The highest BCUT2D eigenvalue weighted by Crippen LogP contribution is 2.35. The van der Waals surface area contributed by atoms with Crippen molar-refractivity contribution in [1.82, 2.24) is 20.2 Å². The molecule has 0 aromatic carbocycles. The summed E-state index contributed by atoms with van der Waals surface area (Å²) in [6.45, 7) is 1.80. The minimum Gasteiger partial charge on any atom is -0.346 e. The fraction of sp³-hybridized carbons (Fsp3) is 0.621. The molecule has 2 aromatic heterocycles. The first-order chi connectivity index (χ1) is 17.6. The second-order valence-corrected chi connectivity index (χ2v) is 11.4. The van der Waals surface area contributed by atoms with E-state index in [0.717, 1.165) is 81.9 Å². The number of hydrogen-bond donors (Lipinski definition) is 3. The number of rotatable bonds is 6. The molecule has 0 radical (unpaired) electrons. The van der Waals surface area contributed by atoms with Crippen molar-refractivity contribution in [2.75, 3.05) is 18.4 Å². The summed E-state index contributed by atoms with van der Waals surface area (Å²) in [5, 5.41) is 8.04. The van der Waals surface area contributed by atoms with Crippen LogP contribution < -0.4 is 10.6 Å². The number of aromatic nitrogens is 2. The molecule has 1 atom stereocenters. The van der Waals surface area contributed by atoms with E-state index in [2.05, 4.69) is 43.7 Å². The summed E-state index contributed by atoms with van der Waals surface area (Å²) >= 11 is 0. The Labute approximate surface area is 213 Å². The molecule has 2 aromatic rings. The highest BCUT2D eigenvalue weighted by Gasteiger charge is 2.31. The van der Waals surface area contributed by atoms with Crippen molar-refractivity contribution < 1.29 is 9.59 Å². The maximum absolute atomic E-state index is 12.9. The number of carbonyl (C=O) groups excluding carboxylic acids is 2. The van der Waals surface area contributed by atoms with E-state index in [0.29, 0.717) is 23.8 Å². The van der Waals surface area contributed by atoms with Crippen LogP contribution >= 0.6 is 0 Å². The van der Waals surface area contributed by atoms with Gasteiger partial charge in [0.15, 0.2) is 0 Å². The average molecular weight is 490 g/mol. The van der Waals surface area contributed by atoms with E-state index < -0.39 is 0 Å². The van der Waals surface area contributed by atoms with Crippen LogP contribution in [0.5, 0.6) is 0 Å². The predicted octanol–water partition coefficient (Wildman–Crippen LogP) is 5.01. The van der Waals surface area contributed by atoms with Gasteiger partial charge in [0.2, 0.25) is 11.8 Å². The summed E-state index contributed by atoms with van der Waals surface area (Å²) in [5.74, 6) is 1.60. The molecule has 2 saturated carbocycles. The summed E-state index contributed by atoms with van der Waals surface area (Å²) < 4.78 is 0. The molecule has 3 N–H and O–H groups in total. The molecule has 3 fully saturated rings. The molecule has 4 aliphatic rings. The highest BCUT2D eigenvalue weighted by molar-refractivity contribution is 5.97. The fourth-order valence-electron chi connectivity index (χ4n) is 6.38. The van der Waals surface area contributed by atoms with Crippen LogP contribution in [-0.2, 0) is 9.59 Å². The number of anilines is 1. The zero-order valence-electron chi connectivity index (χ0n) is 21.2. The van der Waals surface area contributed by atoms with Gasteiger partial charge in [-0.05, 0) is 81.1 Å². The Hall–Kier alpha value is -2.67. The standard InChI is InChI=1S/C29H39N5O2/c35-28(20-6-7-20)33-26-18-25(24-12-15-30-27(24)32-26)19-8-10-22(11-9-19)31-23-13-16-34(17-14-23)29(36)21-4-2-1-3-5-21/h8,12,15,18,20-23,31H,1-7,9-11,13-14,16-17H2,(H2,30,32,33,35). The van der Waals surface area contributed by atoms with Gasteiger partial charge in [-0.15, -0.1) is 0 Å². The van der Waals surface area contributed by atoms with Gasteiger partial charge in [0.05, 0.1) is 0 Å². The number of H-pyrrole nitrogens is 1. The van der Waals surface area contributed by atoms with Gasteiger partial charge >= 0.3 is 0 Å². The summed E-state index contributed by atoms with van der Waals surface area (Å²) in [6, 6.07) is 5.12. The van der Waals surface area contributed by atoms with Crippen molar-refractivity contribution in [3.05, 3.63) is 30.0 Å². The van der Waals surface area contributed by atoms with Crippen LogP contribution in [0.15, 0.2) is 24.4 Å². The molecule has 0 bridgehead atoms. The number of nitrogens with zero attached hydrogens (tertiary/aromatic N) is 2. The van der Waals surface area contributed by atoms with E-state index in [1.54, 1.807) is 0 Å². The van der Waals surface area contributed by atoms with Crippen LogP contribution in [0.1, 0.15) is 82.6 Å². The van der Waals surface area contributed by atoms with Gasteiger partial charge < -0.3 is 20.5 Å². The maximum Gasteiger partial charge on any atom is 0.228 e. The number of nitrogens with one attached hydrogen (secondary N) is 3. The van der Waals surface area contributed by atoms with Gasteiger partial charge in [-0.2, -0.15) is 0 Å². The highest BCUT2D eigenvalue weighted by atomic mass is 16.2. The lowest BCUT2D eigenvalue weighted by molar-refractivity contribution is -0.137. The fourth-order valence-corrected chi connectivity index (χ4v) is 6.38. The van der Waals surface area contributed by atoms with Crippen molar-refractivity contribution in [1.29, 1.82) is 0 Å². The monoisotopic (exact) mass is 489 g/mol. The number of amides is 2. The Bertz CT molecular complexity index is 1140. The first kappa shape index (κ1) is 23.7. The molecule has 7 nitrogen and oxygen atoms in total. The van der Waals surface area contributed by atoms with Gasteiger partial charge in [0, 0.05) is 48.6 Å². The van der Waals surface area contributed by atoms with Crippen LogP contribution in [0.25, 0.3) is 16.6 Å². The Morgan fingerprint density at radius 2 is 1.75 bits per heavy atom. The lowest BCUT2D eigenvalue weighted by Gasteiger charge is -2.37. The van der Waals surface area contributed by atoms with Crippen LogP contribution in [-0.4, -0.2) is 51.9 Å². The van der Waals surface area contributed by atoms with Crippen molar-refractivity contribution in [3.8, 4) is 0 Å². The Balaban J connectivity index is 1.05. The van der Waals surface area contributed by atoms with Crippen LogP contribution in [0.3, 0.4) is 0 Å². The van der Waals surface area contributed by atoms with Gasteiger partial charge in [-0.3, -0.25) is 9.59 Å². The molecule has 0 spiro atoms. The Morgan fingerprint density at radius 1 is 0.944 bits per heavy atom. The second-order valence-electron chi connectivity index (χ2n) is 11.4. The normalized spacial score (nSPS) is 24.1. The molecule has 7 heteroatoms. The number of allylic oxidation sites excluding steroid dienone is 1. The SMILES string of the molecule is O=C(Nc1cc(C2=CCC(NC3CCN(C(=O)C4CCCCC4)CC3)CC2)c2cc[nH]c2n1)C1CC1. The topological polar surface area (TPSA) is 90.1 Å². The van der Waals surface area contributed by atoms with Crippen molar-refractivity contribution in [2.45, 2.75) is 89.1 Å². The quantitative estimate of drug-likeness (QED) is 0.532. The molecule has 1 unspecified atom stereocenters. The number of likely N-dealkylation sites (tertiary alicyclic amines) is 1. The molecule has 3 heterocycles. The maximum atomic E-state index is 12.9. The molecule has 36 heavy (non-hydrogen) atoms. The first-order valence-electron chi connectivity index (χ1n) is 14.2. The van der Waals surface area contributed by atoms with E-state index in [9.17, 15) is 9.59 Å². The zero-order valence-corrected chi connectivity index (χ0v) is 21.2. The molecule has 2 amide bonds. The first-order valence-corrected chi connectivity index (χ1v) is 14.2. The van der Waals surface area contributed by atoms with Crippen LogP contribution in [0.4, 0.5) is 5.82 Å². The van der Waals surface area contributed by atoms with Crippen LogP contribution in [0.2, 0.25) is 0 Å². The molecule has 1 aliphatic heterocycles. The molecule has 6 rings (SSSR count). The zero-order chi connectivity index (χ0) is 24.5. The lowest BCUT2D eigenvalue weighted by Crippen LogP contribution is -2.49. The Kier molecular flexibility index (Phi) is 6.83. The molecular weight excluding hydrogens is 450 g/mol. The third-order valence-corrected chi connectivity index (χ3v) is 8.72. The second kappa shape index (κ2) is 10.4. The lowest BCUT2D eigenvalue weighted by atomic mass is 9.87. The number of carbonyl (C=O) groups is 2. The number of hydrogen-bond acceptors (Lipinski definition) is 4.